The Balaban J connectivity index is 2.13. The monoisotopic (exact) mass is 323 g/mol. The maximum absolute atomic E-state index is 12.4. The standard InChI is InChI=1S/C16H19F2N3O2/c1-2-3-4-9-20-16(22)21-12-7-8-13(23-15(17)18)14-11(12)6-5-10-19-14/h5-8,10,15H,2-4,9H2,1H3,(H2,20,21,22). The number of aromatic nitrogens is 1. The number of halogens is 2. The highest BCUT2D eigenvalue weighted by molar-refractivity contribution is 6.02. The van der Waals surface area contributed by atoms with Crippen LogP contribution in [0.1, 0.15) is 26.2 Å². The van der Waals surface area contributed by atoms with Gasteiger partial charge in [-0.1, -0.05) is 19.8 Å². The molecule has 0 radical (unpaired) electrons. The first-order chi connectivity index (χ1) is 11.1. The SMILES string of the molecule is CCCCCNC(=O)Nc1ccc(OC(F)F)c2ncccc12. The molecule has 23 heavy (non-hydrogen) atoms. The number of nitrogens with zero attached hydrogens (tertiary/aromatic N) is 1. The third-order valence-electron chi connectivity index (χ3n) is 3.26. The van der Waals surface area contributed by atoms with E-state index in [2.05, 4.69) is 27.3 Å². The molecule has 1 aromatic carbocycles. The van der Waals surface area contributed by atoms with Gasteiger partial charge in [-0.3, -0.25) is 4.98 Å². The minimum absolute atomic E-state index is 0.0236. The van der Waals surface area contributed by atoms with E-state index in [1.165, 1.54) is 18.3 Å². The van der Waals surface area contributed by atoms with E-state index in [0.29, 0.717) is 17.6 Å². The quantitative estimate of drug-likeness (QED) is 0.753. The summed E-state index contributed by atoms with van der Waals surface area (Å²) in [5.74, 6) is -0.0236. The Bertz CT molecular complexity index is 665. The molecule has 0 saturated carbocycles. The average Bonchev–Trinajstić information content (AvgIpc) is 2.53. The van der Waals surface area contributed by atoms with E-state index < -0.39 is 6.61 Å². The lowest BCUT2D eigenvalue weighted by Gasteiger charge is -2.12. The molecule has 5 nitrogen and oxygen atoms in total. The van der Waals surface area contributed by atoms with Gasteiger partial charge in [-0.15, -0.1) is 0 Å². The Morgan fingerprint density at radius 1 is 1.30 bits per heavy atom. The van der Waals surface area contributed by atoms with Crippen LogP contribution in [0.4, 0.5) is 19.3 Å². The molecule has 0 bridgehead atoms. The van der Waals surface area contributed by atoms with E-state index >= 15 is 0 Å². The average molecular weight is 323 g/mol. The molecule has 0 saturated heterocycles. The van der Waals surface area contributed by atoms with E-state index in [0.717, 1.165) is 19.3 Å². The number of benzene rings is 1. The van der Waals surface area contributed by atoms with Gasteiger partial charge in [0.15, 0.2) is 5.75 Å². The summed E-state index contributed by atoms with van der Waals surface area (Å²) in [4.78, 5) is 15.9. The highest BCUT2D eigenvalue weighted by Gasteiger charge is 2.13. The number of pyridine rings is 1. The summed E-state index contributed by atoms with van der Waals surface area (Å²) in [6.45, 7) is -0.258. The molecule has 2 amide bonds. The van der Waals surface area contributed by atoms with E-state index in [1.54, 1.807) is 12.1 Å². The predicted molar refractivity (Wildman–Crippen MR) is 84.9 cm³/mol. The lowest BCUT2D eigenvalue weighted by molar-refractivity contribution is -0.0489. The van der Waals surface area contributed by atoms with Gasteiger partial charge in [-0.2, -0.15) is 8.78 Å². The number of unbranched alkanes of at least 4 members (excludes halogenated alkanes) is 2. The van der Waals surface area contributed by atoms with E-state index in [9.17, 15) is 13.6 Å². The van der Waals surface area contributed by atoms with E-state index in [-0.39, 0.29) is 17.3 Å². The highest BCUT2D eigenvalue weighted by Crippen LogP contribution is 2.30. The summed E-state index contributed by atoms with van der Waals surface area (Å²) in [5.41, 5.74) is 0.763. The van der Waals surface area contributed by atoms with Gasteiger partial charge in [-0.05, 0) is 30.7 Å². The van der Waals surface area contributed by atoms with Crippen molar-refractivity contribution in [2.24, 2.45) is 0 Å². The van der Waals surface area contributed by atoms with Crippen molar-refractivity contribution in [1.29, 1.82) is 0 Å². The smallest absolute Gasteiger partial charge is 0.387 e. The van der Waals surface area contributed by atoms with Gasteiger partial charge in [0.25, 0.3) is 0 Å². The lowest BCUT2D eigenvalue weighted by atomic mass is 10.1. The molecule has 2 rings (SSSR count). The van der Waals surface area contributed by atoms with Crippen LogP contribution in [0.3, 0.4) is 0 Å². The fourth-order valence-electron chi connectivity index (χ4n) is 2.19. The number of hydrogen-bond acceptors (Lipinski definition) is 3. The Morgan fingerprint density at radius 2 is 2.13 bits per heavy atom. The van der Waals surface area contributed by atoms with Gasteiger partial charge in [0, 0.05) is 18.1 Å². The second-order valence-corrected chi connectivity index (χ2v) is 4.98. The van der Waals surface area contributed by atoms with Crippen LogP contribution in [0, 0.1) is 0 Å². The summed E-state index contributed by atoms with van der Waals surface area (Å²) in [6.07, 6.45) is 4.51. The zero-order chi connectivity index (χ0) is 16.7. The molecule has 0 fully saturated rings. The van der Waals surface area contributed by atoms with Gasteiger partial charge in [0.05, 0.1) is 5.69 Å². The Kier molecular flexibility index (Phi) is 6.08. The summed E-state index contributed by atoms with van der Waals surface area (Å²) in [5, 5.41) is 6.00. The third kappa shape index (κ3) is 4.77. The molecule has 0 atom stereocenters. The third-order valence-corrected chi connectivity index (χ3v) is 3.26. The van der Waals surface area contributed by atoms with Crippen molar-refractivity contribution in [1.82, 2.24) is 10.3 Å². The van der Waals surface area contributed by atoms with Crippen molar-refractivity contribution < 1.29 is 18.3 Å². The largest absolute Gasteiger partial charge is 0.432 e. The molecule has 124 valence electrons. The number of urea groups is 1. The molecular weight excluding hydrogens is 304 g/mol. The molecule has 7 heteroatoms. The molecular formula is C16H19F2N3O2. The first-order valence-electron chi connectivity index (χ1n) is 7.49. The molecule has 0 aliphatic rings. The Labute approximate surface area is 133 Å². The van der Waals surface area contributed by atoms with Gasteiger partial charge >= 0.3 is 12.6 Å². The van der Waals surface area contributed by atoms with Crippen LogP contribution in [-0.2, 0) is 0 Å². The fourth-order valence-corrected chi connectivity index (χ4v) is 2.19. The Morgan fingerprint density at radius 3 is 2.87 bits per heavy atom. The molecule has 2 N–H and O–H groups in total. The maximum atomic E-state index is 12.4. The van der Waals surface area contributed by atoms with Crippen molar-refractivity contribution in [3.63, 3.8) is 0 Å². The molecule has 0 unspecified atom stereocenters. The molecule has 0 aliphatic heterocycles. The molecule has 1 aromatic heterocycles. The number of hydrogen-bond donors (Lipinski definition) is 2. The lowest BCUT2D eigenvalue weighted by Crippen LogP contribution is -2.29. The first kappa shape index (κ1) is 16.9. The van der Waals surface area contributed by atoms with Crippen LogP contribution in [0.5, 0.6) is 5.75 Å². The molecule has 1 heterocycles. The number of ether oxygens (including phenoxy) is 1. The number of fused-ring (bicyclic) bond motifs is 1. The predicted octanol–water partition coefficient (Wildman–Crippen LogP) is 4.15. The van der Waals surface area contributed by atoms with Crippen molar-refractivity contribution in [2.45, 2.75) is 32.8 Å². The van der Waals surface area contributed by atoms with Crippen LogP contribution in [0.15, 0.2) is 30.5 Å². The van der Waals surface area contributed by atoms with Crippen LogP contribution in [-0.4, -0.2) is 24.2 Å². The number of nitrogens with one attached hydrogen (secondary N) is 2. The van der Waals surface area contributed by atoms with Gasteiger partial charge < -0.3 is 15.4 Å². The van der Waals surface area contributed by atoms with E-state index in [4.69, 9.17) is 0 Å². The minimum Gasteiger partial charge on any atom is -0.432 e. The van der Waals surface area contributed by atoms with Crippen molar-refractivity contribution in [2.75, 3.05) is 11.9 Å². The zero-order valence-electron chi connectivity index (χ0n) is 12.8. The fraction of sp³-hybridized carbons (Fsp3) is 0.375. The van der Waals surface area contributed by atoms with Crippen LogP contribution >= 0.6 is 0 Å². The minimum atomic E-state index is -2.93. The molecule has 2 aromatic rings. The molecule has 0 aliphatic carbocycles. The van der Waals surface area contributed by atoms with Gasteiger partial charge in [0.1, 0.15) is 5.52 Å². The number of amides is 2. The summed E-state index contributed by atoms with van der Waals surface area (Å²) >= 11 is 0. The van der Waals surface area contributed by atoms with Crippen molar-refractivity contribution in [3.05, 3.63) is 30.5 Å². The highest BCUT2D eigenvalue weighted by atomic mass is 19.3. The van der Waals surface area contributed by atoms with E-state index in [1.807, 2.05) is 0 Å². The molecule has 0 spiro atoms. The number of rotatable bonds is 7. The van der Waals surface area contributed by atoms with Gasteiger partial charge in [0.2, 0.25) is 0 Å². The van der Waals surface area contributed by atoms with Crippen molar-refractivity contribution >= 4 is 22.6 Å². The normalized spacial score (nSPS) is 10.8. The summed E-state index contributed by atoms with van der Waals surface area (Å²) in [6, 6.07) is 5.90. The van der Waals surface area contributed by atoms with Crippen LogP contribution in [0.25, 0.3) is 10.9 Å². The number of carbonyl (C=O) groups is 1. The number of alkyl halides is 2. The van der Waals surface area contributed by atoms with Crippen LogP contribution in [0.2, 0.25) is 0 Å². The maximum Gasteiger partial charge on any atom is 0.387 e. The van der Waals surface area contributed by atoms with Crippen LogP contribution < -0.4 is 15.4 Å². The second-order valence-electron chi connectivity index (χ2n) is 4.98. The summed E-state index contributed by atoms with van der Waals surface area (Å²) < 4.78 is 29.3. The number of carbonyl (C=O) groups excluding carboxylic acids is 1. The first-order valence-corrected chi connectivity index (χ1v) is 7.49. The van der Waals surface area contributed by atoms with Crippen molar-refractivity contribution in [3.8, 4) is 5.75 Å². The summed E-state index contributed by atoms with van der Waals surface area (Å²) in [7, 11) is 0. The zero-order valence-corrected chi connectivity index (χ0v) is 12.8. The topological polar surface area (TPSA) is 63.2 Å². The number of anilines is 1. The van der Waals surface area contributed by atoms with Gasteiger partial charge in [-0.25, -0.2) is 4.79 Å². The Hall–Kier alpha value is -2.44. The second kappa shape index (κ2) is 8.26.